The van der Waals surface area contributed by atoms with Crippen LogP contribution in [-0.4, -0.2) is 116 Å². The third-order valence-electron chi connectivity index (χ3n) is 6.09. The van der Waals surface area contributed by atoms with Gasteiger partial charge in [0, 0.05) is 6.54 Å². The molecule has 0 spiro atoms. The Kier molecular flexibility index (Phi) is 14.8. The summed E-state index contributed by atoms with van der Waals surface area (Å²) >= 11 is 0. The SMILES string of the molecule is COC(=O)N(CCOCCOCCOCCOCCOCCOCCO)C1c2ccccc2-c2ccccc21. The predicted molar refractivity (Wildman–Crippen MR) is 145 cm³/mol. The van der Waals surface area contributed by atoms with Crippen molar-refractivity contribution in [2.75, 3.05) is 99.5 Å². The molecular formula is C29H41NO9. The molecule has 0 bridgehead atoms. The van der Waals surface area contributed by atoms with E-state index in [9.17, 15) is 4.79 Å². The molecule has 39 heavy (non-hydrogen) atoms. The molecule has 0 heterocycles. The topological polar surface area (TPSA) is 105 Å². The van der Waals surface area contributed by atoms with Crippen molar-refractivity contribution in [3.05, 3.63) is 59.7 Å². The van der Waals surface area contributed by atoms with Gasteiger partial charge in [-0.2, -0.15) is 0 Å². The van der Waals surface area contributed by atoms with E-state index in [4.69, 9.17) is 38.3 Å². The minimum atomic E-state index is -0.385. The van der Waals surface area contributed by atoms with Crippen molar-refractivity contribution < 1.29 is 43.1 Å². The molecule has 2 aromatic rings. The Labute approximate surface area is 230 Å². The van der Waals surface area contributed by atoms with Crippen LogP contribution in [0.3, 0.4) is 0 Å². The summed E-state index contributed by atoms with van der Waals surface area (Å²) in [6.07, 6.45) is -0.385. The summed E-state index contributed by atoms with van der Waals surface area (Å²) in [5, 5.41) is 8.59. The average Bonchev–Trinajstić information content (AvgIpc) is 3.30. The fourth-order valence-corrected chi connectivity index (χ4v) is 4.34. The lowest BCUT2D eigenvalue weighted by molar-refractivity contribution is -0.0189. The van der Waals surface area contributed by atoms with Gasteiger partial charge in [0.1, 0.15) is 0 Å². The normalized spacial score (nSPS) is 12.4. The van der Waals surface area contributed by atoms with Crippen LogP contribution in [0, 0.1) is 0 Å². The second-order valence-electron chi connectivity index (χ2n) is 8.64. The number of benzene rings is 2. The van der Waals surface area contributed by atoms with Gasteiger partial charge in [-0.3, -0.25) is 4.90 Å². The first kappa shape index (κ1) is 31.0. The number of carbonyl (C=O) groups excluding carboxylic acids is 1. The number of nitrogens with zero attached hydrogens (tertiary/aromatic N) is 1. The molecule has 1 N–H and O–H groups in total. The van der Waals surface area contributed by atoms with Crippen LogP contribution in [0.15, 0.2) is 48.5 Å². The minimum Gasteiger partial charge on any atom is -0.453 e. The van der Waals surface area contributed by atoms with Crippen molar-refractivity contribution in [2.45, 2.75) is 6.04 Å². The number of fused-ring (bicyclic) bond motifs is 3. The molecule has 0 saturated carbocycles. The summed E-state index contributed by atoms with van der Waals surface area (Å²) in [4.78, 5) is 14.4. The molecule has 0 radical (unpaired) electrons. The maximum atomic E-state index is 12.7. The van der Waals surface area contributed by atoms with Gasteiger partial charge in [-0.25, -0.2) is 4.79 Å². The molecule has 1 amide bonds. The van der Waals surface area contributed by atoms with Crippen molar-refractivity contribution in [3.63, 3.8) is 0 Å². The standard InChI is InChI=1S/C29H41NO9/c1-33-29(32)30(28-26-8-4-2-6-24(26)25-7-3-5-9-27(25)28)10-12-34-14-16-36-18-20-38-22-23-39-21-19-37-17-15-35-13-11-31/h2-9,28,31H,10-23H2,1H3. The molecule has 0 aromatic heterocycles. The van der Waals surface area contributed by atoms with Crippen LogP contribution in [0.1, 0.15) is 17.2 Å². The first-order chi connectivity index (χ1) is 19.3. The van der Waals surface area contributed by atoms with Gasteiger partial charge in [-0.05, 0) is 22.3 Å². The van der Waals surface area contributed by atoms with Crippen LogP contribution in [0.5, 0.6) is 0 Å². The Morgan fingerprint density at radius 3 is 1.44 bits per heavy atom. The molecule has 0 atom stereocenters. The molecule has 10 heteroatoms. The molecule has 0 saturated heterocycles. The van der Waals surface area contributed by atoms with Crippen LogP contribution < -0.4 is 0 Å². The lowest BCUT2D eigenvalue weighted by atomic mass is 10.0. The van der Waals surface area contributed by atoms with E-state index in [-0.39, 0.29) is 18.7 Å². The lowest BCUT2D eigenvalue weighted by Crippen LogP contribution is -2.37. The van der Waals surface area contributed by atoms with Crippen molar-refractivity contribution in [1.29, 1.82) is 0 Å². The molecule has 0 unspecified atom stereocenters. The smallest absolute Gasteiger partial charge is 0.410 e. The minimum absolute atomic E-state index is 0.0198. The van der Waals surface area contributed by atoms with Gasteiger partial charge in [0.25, 0.3) is 0 Å². The Hall–Kier alpha value is -2.57. The van der Waals surface area contributed by atoms with Crippen molar-refractivity contribution in [3.8, 4) is 11.1 Å². The van der Waals surface area contributed by atoms with Gasteiger partial charge in [0.05, 0.1) is 99.0 Å². The molecule has 216 valence electrons. The number of ether oxygens (including phenoxy) is 7. The highest BCUT2D eigenvalue weighted by molar-refractivity contribution is 5.81. The van der Waals surface area contributed by atoms with Gasteiger partial charge < -0.3 is 38.3 Å². The Balaban J connectivity index is 1.23. The molecule has 0 aliphatic heterocycles. The maximum Gasteiger partial charge on any atom is 0.410 e. The van der Waals surface area contributed by atoms with E-state index in [2.05, 4.69) is 24.3 Å². The van der Waals surface area contributed by atoms with Crippen LogP contribution in [-0.2, 0) is 33.2 Å². The highest BCUT2D eigenvalue weighted by Gasteiger charge is 2.35. The maximum absolute atomic E-state index is 12.7. The Morgan fingerprint density at radius 2 is 1.03 bits per heavy atom. The predicted octanol–water partition coefficient (Wildman–Crippen LogP) is 2.92. The summed E-state index contributed by atoms with van der Waals surface area (Å²) < 4.78 is 37.8. The summed E-state index contributed by atoms with van der Waals surface area (Å²) in [5.41, 5.74) is 4.46. The summed E-state index contributed by atoms with van der Waals surface area (Å²) in [7, 11) is 1.40. The van der Waals surface area contributed by atoms with Gasteiger partial charge in [0.15, 0.2) is 0 Å². The van der Waals surface area contributed by atoms with Gasteiger partial charge >= 0.3 is 6.09 Å². The molecule has 10 nitrogen and oxygen atoms in total. The molecule has 3 rings (SSSR count). The number of aliphatic hydroxyl groups is 1. The largest absolute Gasteiger partial charge is 0.453 e. The average molecular weight is 548 g/mol. The number of aliphatic hydroxyl groups excluding tert-OH is 1. The van der Waals surface area contributed by atoms with Crippen LogP contribution >= 0.6 is 0 Å². The fraction of sp³-hybridized carbons (Fsp3) is 0.552. The van der Waals surface area contributed by atoms with E-state index >= 15 is 0 Å². The Morgan fingerprint density at radius 1 is 0.641 bits per heavy atom. The van der Waals surface area contributed by atoms with E-state index in [0.29, 0.717) is 85.8 Å². The van der Waals surface area contributed by atoms with E-state index in [1.807, 2.05) is 24.3 Å². The molecule has 1 aliphatic carbocycles. The molecule has 1 aliphatic rings. The number of carbonyl (C=O) groups is 1. The van der Waals surface area contributed by atoms with Crippen LogP contribution in [0.25, 0.3) is 11.1 Å². The Bertz CT molecular complexity index is 912. The second-order valence-corrected chi connectivity index (χ2v) is 8.64. The van der Waals surface area contributed by atoms with E-state index in [0.717, 1.165) is 22.3 Å². The van der Waals surface area contributed by atoms with E-state index in [1.54, 1.807) is 4.90 Å². The zero-order chi connectivity index (χ0) is 27.5. The molecule has 0 fully saturated rings. The number of hydrogen-bond donors (Lipinski definition) is 1. The van der Waals surface area contributed by atoms with Crippen molar-refractivity contribution >= 4 is 6.09 Å². The summed E-state index contributed by atoms with van der Waals surface area (Å²) in [6.45, 7) is 5.79. The number of amides is 1. The highest BCUT2D eigenvalue weighted by atomic mass is 16.6. The van der Waals surface area contributed by atoms with E-state index in [1.165, 1.54) is 7.11 Å². The quantitative estimate of drug-likeness (QED) is 0.236. The first-order valence-electron chi connectivity index (χ1n) is 13.4. The molecule has 2 aromatic carbocycles. The van der Waals surface area contributed by atoms with Gasteiger partial charge in [-0.15, -0.1) is 0 Å². The van der Waals surface area contributed by atoms with Gasteiger partial charge in [-0.1, -0.05) is 48.5 Å². The van der Waals surface area contributed by atoms with Gasteiger partial charge in [0.2, 0.25) is 0 Å². The van der Waals surface area contributed by atoms with Crippen molar-refractivity contribution in [1.82, 2.24) is 4.90 Å². The summed E-state index contributed by atoms with van der Waals surface area (Å²) in [6, 6.07) is 16.1. The lowest BCUT2D eigenvalue weighted by Gasteiger charge is -2.29. The van der Waals surface area contributed by atoms with E-state index < -0.39 is 0 Å². The number of rotatable bonds is 21. The third-order valence-corrected chi connectivity index (χ3v) is 6.09. The number of methoxy groups -OCH3 is 1. The zero-order valence-corrected chi connectivity index (χ0v) is 22.8. The second kappa shape index (κ2) is 18.7. The third kappa shape index (κ3) is 10.2. The fourth-order valence-electron chi connectivity index (χ4n) is 4.34. The van der Waals surface area contributed by atoms with Crippen LogP contribution in [0.2, 0.25) is 0 Å². The monoisotopic (exact) mass is 547 g/mol. The molecular weight excluding hydrogens is 506 g/mol. The van der Waals surface area contributed by atoms with Crippen molar-refractivity contribution in [2.24, 2.45) is 0 Å². The zero-order valence-electron chi connectivity index (χ0n) is 22.8. The number of hydrogen-bond acceptors (Lipinski definition) is 9. The van der Waals surface area contributed by atoms with Crippen LogP contribution in [0.4, 0.5) is 4.79 Å². The first-order valence-corrected chi connectivity index (χ1v) is 13.4. The highest BCUT2D eigenvalue weighted by Crippen LogP contribution is 2.46. The summed E-state index contributed by atoms with van der Waals surface area (Å²) in [5.74, 6) is 0.